The third-order valence-electron chi connectivity index (χ3n) is 4.17. The molecule has 0 bridgehead atoms. The van der Waals surface area contributed by atoms with Gasteiger partial charge in [0.15, 0.2) is 34.8 Å². The Kier molecular flexibility index (Phi) is 7.68. The zero-order chi connectivity index (χ0) is 23.3. The highest BCUT2D eigenvalue weighted by molar-refractivity contribution is 9.10. The molecule has 0 heterocycles. The Morgan fingerprint density at radius 1 is 0.844 bits per heavy atom. The maximum atomic E-state index is 13.7. The van der Waals surface area contributed by atoms with Crippen molar-refractivity contribution in [3.63, 3.8) is 0 Å². The molecule has 0 saturated heterocycles. The average molecular weight is 515 g/mol. The van der Waals surface area contributed by atoms with Gasteiger partial charge in [-0.25, -0.2) is 22.0 Å². The number of nitrogens with one attached hydrogen (secondary N) is 1. The minimum atomic E-state index is -2.24. The minimum Gasteiger partial charge on any atom is -0.490 e. The summed E-state index contributed by atoms with van der Waals surface area (Å²) in [6.45, 7) is 2.42. The van der Waals surface area contributed by atoms with Gasteiger partial charge in [-0.3, -0.25) is 5.43 Å². The third kappa shape index (κ3) is 5.37. The molecule has 168 valence electrons. The first-order valence-electron chi connectivity index (χ1n) is 9.26. The van der Waals surface area contributed by atoms with E-state index in [2.05, 4.69) is 21.0 Å². The molecule has 0 aliphatic rings. The number of nitrogens with zero attached hydrogens (tertiary/aromatic N) is 1. The average Bonchev–Trinajstić information content (AvgIpc) is 2.79. The second-order valence-corrected chi connectivity index (χ2v) is 7.28. The van der Waals surface area contributed by atoms with E-state index in [4.69, 9.17) is 9.47 Å². The van der Waals surface area contributed by atoms with Crippen LogP contribution in [0, 0.1) is 29.1 Å². The van der Waals surface area contributed by atoms with Crippen molar-refractivity contribution in [2.45, 2.75) is 13.5 Å². The quantitative estimate of drug-likeness (QED) is 0.121. The van der Waals surface area contributed by atoms with Crippen LogP contribution in [0.1, 0.15) is 18.1 Å². The monoisotopic (exact) mass is 514 g/mol. The van der Waals surface area contributed by atoms with E-state index >= 15 is 0 Å². The molecular formula is C22H16BrF5N2O2. The van der Waals surface area contributed by atoms with E-state index in [9.17, 15) is 22.0 Å². The van der Waals surface area contributed by atoms with Crippen molar-refractivity contribution in [2.24, 2.45) is 5.10 Å². The third-order valence-corrected chi connectivity index (χ3v) is 4.70. The van der Waals surface area contributed by atoms with E-state index in [-0.39, 0.29) is 0 Å². The molecule has 3 aromatic carbocycles. The zero-order valence-corrected chi connectivity index (χ0v) is 18.2. The molecule has 32 heavy (non-hydrogen) atoms. The fourth-order valence-corrected chi connectivity index (χ4v) is 2.87. The number of hydrogen-bond donors (Lipinski definition) is 1. The van der Waals surface area contributed by atoms with E-state index in [0.717, 1.165) is 16.3 Å². The molecule has 0 unspecified atom stereocenters. The molecule has 0 aromatic heterocycles. The zero-order valence-electron chi connectivity index (χ0n) is 16.6. The molecule has 3 rings (SSSR count). The standard InChI is InChI=1S/C22H16BrF5N2O2/c1-2-31-16-9-13(5-8-15(16)32-11-12-3-6-14(23)7-4-12)10-29-30-22-20(27)18(25)17(24)19(26)21(22)28/h3-10,30H,2,11H2,1H3/b29-10-. The van der Waals surface area contributed by atoms with Crippen molar-refractivity contribution < 1.29 is 31.4 Å². The molecule has 0 fully saturated rings. The van der Waals surface area contributed by atoms with Crippen LogP contribution in [-0.4, -0.2) is 12.8 Å². The lowest BCUT2D eigenvalue weighted by Crippen LogP contribution is -2.06. The van der Waals surface area contributed by atoms with E-state index in [0.29, 0.717) is 30.3 Å². The van der Waals surface area contributed by atoms with Gasteiger partial charge in [-0.15, -0.1) is 0 Å². The maximum Gasteiger partial charge on any atom is 0.200 e. The topological polar surface area (TPSA) is 42.8 Å². The number of benzene rings is 3. The van der Waals surface area contributed by atoms with Crippen molar-refractivity contribution in [2.75, 3.05) is 12.0 Å². The van der Waals surface area contributed by atoms with Crippen LogP contribution in [0.15, 0.2) is 52.0 Å². The van der Waals surface area contributed by atoms with Crippen molar-refractivity contribution in [1.29, 1.82) is 0 Å². The first kappa shape index (κ1) is 23.5. The highest BCUT2D eigenvalue weighted by Gasteiger charge is 2.25. The summed E-state index contributed by atoms with van der Waals surface area (Å²) in [4.78, 5) is 0. The highest BCUT2D eigenvalue weighted by Crippen LogP contribution is 2.30. The molecule has 0 saturated carbocycles. The number of anilines is 1. The molecule has 10 heteroatoms. The van der Waals surface area contributed by atoms with Crippen LogP contribution < -0.4 is 14.9 Å². The predicted molar refractivity (Wildman–Crippen MR) is 114 cm³/mol. The van der Waals surface area contributed by atoms with Crippen molar-refractivity contribution in [3.05, 3.63) is 87.2 Å². The Morgan fingerprint density at radius 2 is 1.47 bits per heavy atom. The van der Waals surface area contributed by atoms with Gasteiger partial charge in [0.1, 0.15) is 12.3 Å². The Balaban J connectivity index is 1.75. The van der Waals surface area contributed by atoms with Crippen LogP contribution in [0.2, 0.25) is 0 Å². The second-order valence-electron chi connectivity index (χ2n) is 6.37. The van der Waals surface area contributed by atoms with Crippen LogP contribution in [0.4, 0.5) is 27.6 Å². The lowest BCUT2D eigenvalue weighted by Gasteiger charge is -2.13. The van der Waals surface area contributed by atoms with Crippen molar-refractivity contribution >= 4 is 27.8 Å². The molecule has 0 atom stereocenters. The van der Waals surface area contributed by atoms with Crippen LogP contribution in [-0.2, 0) is 6.61 Å². The van der Waals surface area contributed by atoms with Crippen molar-refractivity contribution in [3.8, 4) is 11.5 Å². The van der Waals surface area contributed by atoms with Gasteiger partial charge in [-0.05, 0) is 48.4 Å². The number of hydrazone groups is 1. The Bertz CT molecular complexity index is 1110. The summed E-state index contributed by atoms with van der Waals surface area (Å²) in [5.74, 6) is -9.53. The summed E-state index contributed by atoms with van der Waals surface area (Å²) in [7, 11) is 0. The Labute approximate surface area is 188 Å². The van der Waals surface area contributed by atoms with Crippen LogP contribution in [0.3, 0.4) is 0 Å². The van der Waals surface area contributed by atoms with E-state index in [1.165, 1.54) is 0 Å². The summed E-state index contributed by atoms with van der Waals surface area (Å²) in [6.07, 6.45) is 1.14. The second kappa shape index (κ2) is 10.4. The molecule has 4 nitrogen and oxygen atoms in total. The van der Waals surface area contributed by atoms with Crippen LogP contribution in [0.25, 0.3) is 0 Å². The van der Waals surface area contributed by atoms with Gasteiger partial charge in [0, 0.05) is 4.47 Å². The maximum absolute atomic E-state index is 13.7. The van der Waals surface area contributed by atoms with Gasteiger partial charge in [-0.2, -0.15) is 5.10 Å². The normalized spacial score (nSPS) is 11.1. The number of ether oxygens (including phenoxy) is 2. The van der Waals surface area contributed by atoms with Gasteiger partial charge in [0.2, 0.25) is 5.82 Å². The summed E-state index contributed by atoms with van der Waals surface area (Å²) in [6, 6.07) is 12.3. The first-order chi connectivity index (χ1) is 15.3. The fraction of sp³-hybridized carbons (Fsp3) is 0.136. The summed E-state index contributed by atoms with van der Waals surface area (Å²) in [5, 5.41) is 3.57. The predicted octanol–water partition coefficient (Wildman–Crippen LogP) is 6.57. The smallest absolute Gasteiger partial charge is 0.200 e. The molecule has 0 amide bonds. The lowest BCUT2D eigenvalue weighted by molar-refractivity contribution is 0.269. The molecular weight excluding hydrogens is 499 g/mol. The molecule has 0 aliphatic heterocycles. The van der Waals surface area contributed by atoms with Crippen molar-refractivity contribution in [1.82, 2.24) is 0 Å². The largest absolute Gasteiger partial charge is 0.490 e. The molecule has 3 aromatic rings. The van der Waals surface area contributed by atoms with E-state index < -0.39 is 34.8 Å². The van der Waals surface area contributed by atoms with Gasteiger partial charge in [0.05, 0.1) is 12.8 Å². The molecule has 0 radical (unpaired) electrons. The summed E-state index contributed by atoms with van der Waals surface area (Å²) in [5.41, 5.74) is 1.97. The summed E-state index contributed by atoms with van der Waals surface area (Å²) < 4.78 is 79.3. The Hall–Kier alpha value is -3.14. The lowest BCUT2D eigenvalue weighted by atomic mass is 10.2. The van der Waals surface area contributed by atoms with E-state index in [1.807, 2.05) is 29.7 Å². The Morgan fingerprint density at radius 3 is 2.09 bits per heavy atom. The molecule has 1 N–H and O–H groups in total. The van der Waals surface area contributed by atoms with Gasteiger partial charge >= 0.3 is 0 Å². The van der Waals surface area contributed by atoms with Gasteiger partial charge < -0.3 is 9.47 Å². The number of halogens is 6. The highest BCUT2D eigenvalue weighted by atomic mass is 79.9. The fourth-order valence-electron chi connectivity index (χ4n) is 2.61. The van der Waals surface area contributed by atoms with Crippen LogP contribution in [0.5, 0.6) is 11.5 Å². The first-order valence-corrected chi connectivity index (χ1v) is 10.1. The number of hydrogen-bond acceptors (Lipinski definition) is 4. The van der Waals surface area contributed by atoms with Gasteiger partial charge in [-0.1, -0.05) is 28.1 Å². The molecule has 0 aliphatic carbocycles. The minimum absolute atomic E-state index is 0.294. The van der Waals surface area contributed by atoms with Crippen LogP contribution >= 0.6 is 15.9 Å². The number of rotatable bonds is 8. The SMILES string of the molecule is CCOc1cc(/C=N\Nc2c(F)c(F)c(F)c(F)c2F)ccc1OCc1ccc(Br)cc1. The van der Waals surface area contributed by atoms with E-state index in [1.54, 1.807) is 25.1 Å². The summed E-state index contributed by atoms with van der Waals surface area (Å²) >= 11 is 3.36. The van der Waals surface area contributed by atoms with Gasteiger partial charge in [0.25, 0.3) is 0 Å². The molecule has 0 spiro atoms.